The van der Waals surface area contributed by atoms with Gasteiger partial charge in [-0.2, -0.15) is 0 Å². The lowest BCUT2D eigenvalue weighted by molar-refractivity contribution is 0.0976. The van der Waals surface area contributed by atoms with Crippen LogP contribution in [0.4, 0.5) is 5.69 Å². The zero-order valence-corrected chi connectivity index (χ0v) is 17.5. The highest BCUT2D eigenvalue weighted by molar-refractivity contribution is 6.30. The molecule has 150 valence electrons. The van der Waals surface area contributed by atoms with Crippen molar-refractivity contribution < 1.29 is 14.3 Å². The summed E-state index contributed by atoms with van der Waals surface area (Å²) in [6.07, 6.45) is 0.283. The lowest BCUT2D eigenvalue weighted by Crippen LogP contribution is -2.16. The first-order valence-electron chi connectivity index (χ1n) is 9.34. The van der Waals surface area contributed by atoms with Gasteiger partial charge in [-0.05, 0) is 48.9 Å². The Labute approximate surface area is 176 Å². The van der Waals surface area contributed by atoms with Crippen molar-refractivity contribution in [1.29, 1.82) is 0 Å². The predicted molar refractivity (Wildman–Crippen MR) is 117 cm³/mol. The van der Waals surface area contributed by atoms with Gasteiger partial charge >= 0.3 is 0 Å². The Hall–Kier alpha value is -2.98. The molecule has 0 aliphatic heterocycles. The summed E-state index contributed by atoms with van der Waals surface area (Å²) < 4.78 is 10.6. The average molecular weight is 410 g/mol. The quantitative estimate of drug-likeness (QED) is 0.457. The maximum absolute atomic E-state index is 13.1. The maximum Gasteiger partial charge on any atom is 0.165 e. The molecule has 0 aromatic heterocycles. The van der Waals surface area contributed by atoms with E-state index in [2.05, 4.69) is 5.32 Å². The topological polar surface area (TPSA) is 47.6 Å². The van der Waals surface area contributed by atoms with Crippen molar-refractivity contribution in [2.24, 2.45) is 0 Å². The number of ketones is 1. The van der Waals surface area contributed by atoms with Gasteiger partial charge in [0.1, 0.15) is 0 Å². The smallest absolute Gasteiger partial charge is 0.165 e. The lowest BCUT2D eigenvalue weighted by atomic mass is 9.96. The van der Waals surface area contributed by atoms with Crippen LogP contribution in [-0.4, -0.2) is 20.0 Å². The summed E-state index contributed by atoms with van der Waals surface area (Å²) in [7, 11) is 3.13. The van der Waals surface area contributed by atoms with E-state index in [1.54, 1.807) is 32.4 Å². The Bertz CT molecular complexity index is 986. The summed E-state index contributed by atoms with van der Waals surface area (Å²) in [6.45, 7) is 2.04. The van der Waals surface area contributed by atoms with E-state index >= 15 is 0 Å². The summed E-state index contributed by atoms with van der Waals surface area (Å²) in [6, 6.07) is 20.7. The lowest BCUT2D eigenvalue weighted by Gasteiger charge is -2.21. The minimum absolute atomic E-state index is 0.00561. The van der Waals surface area contributed by atoms with Crippen LogP contribution in [0.3, 0.4) is 0 Å². The molecule has 0 saturated carbocycles. The third-order valence-corrected chi connectivity index (χ3v) is 4.98. The van der Waals surface area contributed by atoms with E-state index in [1.807, 2.05) is 55.5 Å². The number of aryl methyl sites for hydroxylation is 1. The van der Waals surface area contributed by atoms with Crippen LogP contribution in [0.2, 0.25) is 5.02 Å². The van der Waals surface area contributed by atoms with Gasteiger partial charge in [-0.3, -0.25) is 4.79 Å². The molecule has 0 amide bonds. The minimum Gasteiger partial charge on any atom is -0.493 e. The molecule has 3 aromatic rings. The molecule has 0 radical (unpaired) electrons. The fourth-order valence-corrected chi connectivity index (χ4v) is 3.33. The van der Waals surface area contributed by atoms with Crippen LogP contribution >= 0.6 is 11.6 Å². The summed E-state index contributed by atoms with van der Waals surface area (Å²) in [5, 5.41) is 4.09. The zero-order valence-electron chi connectivity index (χ0n) is 16.7. The third kappa shape index (κ3) is 5.30. The van der Waals surface area contributed by atoms with Gasteiger partial charge in [0.25, 0.3) is 0 Å². The highest BCUT2D eigenvalue weighted by Crippen LogP contribution is 2.30. The number of ether oxygens (including phenoxy) is 2. The number of rotatable bonds is 8. The van der Waals surface area contributed by atoms with E-state index in [0.29, 0.717) is 22.1 Å². The largest absolute Gasteiger partial charge is 0.493 e. The second-order valence-corrected chi connectivity index (χ2v) is 7.25. The third-order valence-electron chi connectivity index (χ3n) is 4.74. The SMILES string of the molecule is COc1ccc(C(=O)CC(Nc2cccc(Cl)c2)c2ccc(C)cc2)cc1OC. The van der Waals surface area contributed by atoms with Crippen molar-refractivity contribution in [3.63, 3.8) is 0 Å². The standard InChI is InChI=1S/C24H24ClNO3/c1-16-7-9-17(10-8-16)21(26-20-6-4-5-19(25)14-20)15-22(27)18-11-12-23(28-2)24(13-18)29-3/h4-14,21,26H,15H2,1-3H3. The fourth-order valence-electron chi connectivity index (χ4n) is 3.14. The van der Waals surface area contributed by atoms with Crippen molar-refractivity contribution in [3.05, 3.63) is 88.4 Å². The van der Waals surface area contributed by atoms with Crippen LogP contribution < -0.4 is 14.8 Å². The Morgan fingerprint density at radius 3 is 2.34 bits per heavy atom. The number of methoxy groups -OCH3 is 2. The van der Waals surface area contributed by atoms with Crippen LogP contribution in [0.5, 0.6) is 11.5 Å². The van der Waals surface area contributed by atoms with Crippen molar-refractivity contribution in [2.45, 2.75) is 19.4 Å². The van der Waals surface area contributed by atoms with Gasteiger partial charge in [-0.25, -0.2) is 0 Å². The normalized spacial score (nSPS) is 11.6. The monoisotopic (exact) mass is 409 g/mol. The molecule has 0 heterocycles. The number of carbonyl (C=O) groups excluding carboxylic acids is 1. The Kier molecular flexibility index (Phi) is 6.78. The minimum atomic E-state index is -0.199. The van der Waals surface area contributed by atoms with Crippen LogP contribution in [0, 0.1) is 6.92 Å². The number of nitrogens with one attached hydrogen (secondary N) is 1. The van der Waals surface area contributed by atoms with E-state index in [0.717, 1.165) is 11.3 Å². The molecule has 0 fully saturated rings. The van der Waals surface area contributed by atoms with Crippen molar-refractivity contribution >= 4 is 23.1 Å². The van der Waals surface area contributed by atoms with Gasteiger partial charge in [0.2, 0.25) is 0 Å². The Balaban J connectivity index is 1.87. The van der Waals surface area contributed by atoms with E-state index in [4.69, 9.17) is 21.1 Å². The highest BCUT2D eigenvalue weighted by atomic mass is 35.5. The molecule has 4 nitrogen and oxygen atoms in total. The van der Waals surface area contributed by atoms with Gasteiger partial charge in [0, 0.05) is 22.7 Å². The molecule has 0 aliphatic carbocycles. The molecular weight excluding hydrogens is 386 g/mol. The number of halogens is 1. The maximum atomic E-state index is 13.1. The molecule has 0 aliphatic rings. The van der Waals surface area contributed by atoms with E-state index < -0.39 is 0 Å². The zero-order chi connectivity index (χ0) is 20.8. The summed E-state index contributed by atoms with van der Waals surface area (Å²) in [5.74, 6) is 1.13. The number of hydrogen-bond acceptors (Lipinski definition) is 4. The second-order valence-electron chi connectivity index (χ2n) is 6.82. The summed E-state index contributed by atoms with van der Waals surface area (Å²) >= 11 is 6.13. The number of hydrogen-bond donors (Lipinski definition) is 1. The molecule has 0 saturated heterocycles. The van der Waals surface area contributed by atoms with E-state index in [-0.39, 0.29) is 18.2 Å². The molecule has 3 aromatic carbocycles. The Morgan fingerprint density at radius 2 is 1.69 bits per heavy atom. The van der Waals surface area contributed by atoms with Crippen LogP contribution in [0.25, 0.3) is 0 Å². The van der Waals surface area contributed by atoms with E-state index in [1.165, 1.54) is 5.56 Å². The Morgan fingerprint density at radius 1 is 0.966 bits per heavy atom. The molecule has 29 heavy (non-hydrogen) atoms. The number of benzene rings is 3. The van der Waals surface area contributed by atoms with Crippen LogP contribution in [0.1, 0.15) is 33.9 Å². The van der Waals surface area contributed by atoms with Crippen molar-refractivity contribution in [2.75, 3.05) is 19.5 Å². The van der Waals surface area contributed by atoms with Crippen molar-refractivity contribution in [3.8, 4) is 11.5 Å². The molecule has 3 rings (SSSR count). The summed E-state index contributed by atoms with van der Waals surface area (Å²) in [4.78, 5) is 13.1. The highest BCUT2D eigenvalue weighted by Gasteiger charge is 2.19. The van der Waals surface area contributed by atoms with Crippen LogP contribution in [0.15, 0.2) is 66.7 Å². The van der Waals surface area contributed by atoms with Gasteiger partial charge in [0.05, 0.1) is 20.3 Å². The van der Waals surface area contributed by atoms with Gasteiger partial charge in [-0.1, -0.05) is 47.5 Å². The molecule has 0 spiro atoms. The summed E-state index contributed by atoms with van der Waals surface area (Å²) in [5.41, 5.74) is 3.64. The molecule has 1 atom stereocenters. The molecule has 5 heteroatoms. The van der Waals surface area contributed by atoms with E-state index in [9.17, 15) is 4.79 Å². The van der Waals surface area contributed by atoms with Gasteiger partial charge in [-0.15, -0.1) is 0 Å². The molecule has 0 bridgehead atoms. The van der Waals surface area contributed by atoms with Crippen LogP contribution in [-0.2, 0) is 0 Å². The molecular formula is C24H24ClNO3. The second kappa shape index (κ2) is 9.48. The molecule has 1 N–H and O–H groups in total. The number of Topliss-reactive ketones (excluding diaryl/α,β-unsaturated/α-hetero) is 1. The number of carbonyl (C=O) groups is 1. The first-order chi connectivity index (χ1) is 14.0. The first kappa shape index (κ1) is 20.7. The average Bonchev–Trinajstić information content (AvgIpc) is 2.73. The number of anilines is 1. The predicted octanol–water partition coefficient (Wildman–Crippen LogP) is 6.09. The molecule has 1 unspecified atom stereocenters. The fraction of sp³-hybridized carbons (Fsp3) is 0.208. The van der Waals surface area contributed by atoms with Gasteiger partial charge < -0.3 is 14.8 Å². The van der Waals surface area contributed by atoms with Crippen molar-refractivity contribution in [1.82, 2.24) is 0 Å². The van der Waals surface area contributed by atoms with Gasteiger partial charge in [0.15, 0.2) is 17.3 Å². The first-order valence-corrected chi connectivity index (χ1v) is 9.72.